The van der Waals surface area contributed by atoms with Crippen molar-refractivity contribution in [3.05, 3.63) is 0 Å². The topological polar surface area (TPSA) is 58.4 Å². The third kappa shape index (κ3) is 4.82. The van der Waals surface area contributed by atoms with Gasteiger partial charge in [-0.1, -0.05) is 0 Å². The van der Waals surface area contributed by atoms with E-state index < -0.39 is 0 Å². The number of hydrogen-bond donors (Lipinski definition) is 2. The lowest BCUT2D eigenvalue weighted by Gasteiger charge is -2.34. The molecule has 4 nitrogen and oxygen atoms in total. The predicted octanol–water partition coefficient (Wildman–Crippen LogP) is 0.356. The third-order valence-electron chi connectivity index (χ3n) is 2.45. The first kappa shape index (κ1) is 14.7. The molecule has 0 aromatic carbocycles. The molecule has 1 aliphatic rings. The van der Waals surface area contributed by atoms with Gasteiger partial charge >= 0.3 is 0 Å². The zero-order valence-corrected chi connectivity index (χ0v) is 10.6. The van der Waals surface area contributed by atoms with Gasteiger partial charge in [0.15, 0.2) is 0 Å². The fourth-order valence-electron chi connectivity index (χ4n) is 1.93. The van der Waals surface area contributed by atoms with Gasteiger partial charge in [0.1, 0.15) is 0 Å². The van der Waals surface area contributed by atoms with Crippen molar-refractivity contribution >= 4 is 18.3 Å². The summed E-state index contributed by atoms with van der Waals surface area (Å²) in [5.74, 6) is 0.142. The number of piperidine rings is 1. The van der Waals surface area contributed by atoms with Crippen molar-refractivity contribution in [2.24, 2.45) is 5.73 Å². The smallest absolute Gasteiger partial charge is 0.237 e. The van der Waals surface area contributed by atoms with Crippen LogP contribution in [-0.4, -0.2) is 42.5 Å². The molecule has 1 amide bonds. The molecule has 1 aliphatic heterocycles. The second-order valence-electron chi connectivity index (χ2n) is 4.85. The lowest BCUT2D eigenvalue weighted by atomic mass is 10.0. The molecule has 1 rings (SSSR count). The quantitative estimate of drug-likeness (QED) is 0.743. The van der Waals surface area contributed by atoms with Crippen molar-refractivity contribution in [1.82, 2.24) is 10.2 Å². The lowest BCUT2D eigenvalue weighted by Crippen LogP contribution is -2.54. The van der Waals surface area contributed by atoms with Crippen molar-refractivity contribution < 1.29 is 4.79 Å². The number of carbonyl (C=O) groups is 1. The van der Waals surface area contributed by atoms with Gasteiger partial charge in [-0.3, -0.25) is 9.69 Å². The van der Waals surface area contributed by atoms with Crippen LogP contribution in [0.5, 0.6) is 0 Å². The number of rotatable bonds is 3. The minimum Gasteiger partial charge on any atom is -0.355 e. The van der Waals surface area contributed by atoms with E-state index in [4.69, 9.17) is 5.73 Å². The molecule has 15 heavy (non-hydrogen) atoms. The molecule has 0 radical (unpaired) electrons. The van der Waals surface area contributed by atoms with E-state index in [0.29, 0.717) is 0 Å². The fourth-order valence-corrected chi connectivity index (χ4v) is 1.93. The van der Waals surface area contributed by atoms with E-state index >= 15 is 0 Å². The Morgan fingerprint density at radius 3 is 2.67 bits per heavy atom. The van der Waals surface area contributed by atoms with Crippen molar-refractivity contribution in [1.29, 1.82) is 0 Å². The molecule has 0 aromatic heterocycles. The van der Waals surface area contributed by atoms with Gasteiger partial charge in [-0.2, -0.15) is 0 Å². The second-order valence-corrected chi connectivity index (χ2v) is 4.85. The number of nitrogens with zero attached hydrogens (tertiary/aromatic N) is 1. The minimum absolute atomic E-state index is 0. The summed E-state index contributed by atoms with van der Waals surface area (Å²) < 4.78 is 0. The van der Waals surface area contributed by atoms with Crippen LogP contribution in [0.15, 0.2) is 0 Å². The maximum absolute atomic E-state index is 11.5. The predicted molar refractivity (Wildman–Crippen MR) is 64.2 cm³/mol. The first-order valence-electron chi connectivity index (χ1n) is 5.17. The molecule has 1 heterocycles. The molecule has 3 N–H and O–H groups in total. The summed E-state index contributed by atoms with van der Waals surface area (Å²) >= 11 is 0. The van der Waals surface area contributed by atoms with E-state index in [1.165, 1.54) is 0 Å². The first-order chi connectivity index (χ1) is 6.40. The van der Waals surface area contributed by atoms with Crippen LogP contribution >= 0.6 is 12.4 Å². The molecule has 0 bridgehead atoms. The molecular weight excluding hydrogens is 214 g/mol. The van der Waals surface area contributed by atoms with Crippen molar-refractivity contribution in [3.63, 3.8) is 0 Å². The van der Waals surface area contributed by atoms with Crippen molar-refractivity contribution in [2.45, 2.75) is 38.3 Å². The van der Waals surface area contributed by atoms with E-state index in [0.717, 1.165) is 25.9 Å². The summed E-state index contributed by atoms with van der Waals surface area (Å²) in [6.45, 7) is 5.51. The van der Waals surface area contributed by atoms with Crippen molar-refractivity contribution in [2.75, 3.05) is 20.1 Å². The third-order valence-corrected chi connectivity index (χ3v) is 2.45. The molecule has 1 unspecified atom stereocenters. The molecule has 1 fully saturated rings. The molecule has 5 heteroatoms. The minimum atomic E-state index is -0.244. The zero-order valence-electron chi connectivity index (χ0n) is 9.75. The Morgan fingerprint density at radius 2 is 2.20 bits per heavy atom. The van der Waals surface area contributed by atoms with Gasteiger partial charge in [0.05, 0.1) is 6.04 Å². The Hall–Kier alpha value is -0.320. The van der Waals surface area contributed by atoms with E-state index in [-0.39, 0.29) is 29.9 Å². The highest BCUT2D eigenvalue weighted by molar-refractivity contribution is 5.85. The van der Waals surface area contributed by atoms with Crippen LogP contribution in [0.1, 0.15) is 26.7 Å². The average molecular weight is 236 g/mol. The summed E-state index contributed by atoms with van der Waals surface area (Å²) in [7, 11) is 1.96. The summed E-state index contributed by atoms with van der Waals surface area (Å²) in [4.78, 5) is 13.6. The summed E-state index contributed by atoms with van der Waals surface area (Å²) in [5, 5.41) is 2.88. The Balaban J connectivity index is 0.00000196. The van der Waals surface area contributed by atoms with Crippen LogP contribution in [-0.2, 0) is 4.79 Å². The number of amides is 1. The van der Waals surface area contributed by atoms with Crippen LogP contribution in [0.2, 0.25) is 0 Å². The van der Waals surface area contributed by atoms with E-state index in [9.17, 15) is 4.79 Å². The van der Waals surface area contributed by atoms with Gasteiger partial charge < -0.3 is 11.1 Å². The van der Waals surface area contributed by atoms with Crippen LogP contribution in [0.25, 0.3) is 0 Å². The van der Waals surface area contributed by atoms with Gasteiger partial charge in [0.2, 0.25) is 5.91 Å². The van der Waals surface area contributed by atoms with Crippen LogP contribution in [0.3, 0.4) is 0 Å². The molecule has 0 aromatic rings. The van der Waals surface area contributed by atoms with Crippen molar-refractivity contribution in [3.8, 4) is 0 Å². The highest BCUT2D eigenvalue weighted by atomic mass is 35.5. The molecule has 0 spiro atoms. The van der Waals surface area contributed by atoms with Gasteiger partial charge in [0.25, 0.3) is 0 Å². The molecular formula is C10H22ClN3O. The average Bonchev–Trinajstić information content (AvgIpc) is 2.01. The maximum atomic E-state index is 11.5. The highest BCUT2D eigenvalue weighted by Gasteiger charge is 2.28. The highest BCUT2D eigenvalue weighted by Crippen LogP contribution is 2.12. The summed E-state index contributed by atoms with van der Waals surface area (Å²) in [6, 6.07) is 0.00609. The number of carbonyl (C=O) groups excluding carboxylic acids is 1. The summed E-state index contributed by atoms with van der Waals surface area (Å²) in [6.07, 6.45) is 2.00. The first-order valence-corrected chi connectivity index (χ1v) is 5.17. The standard InChI is InChI=1S/C10H21N3O.ClH/c1-10(2,11)7-13(3)8-5-4-6-12-9(8)14;/h8H,4-7,11H2,1-3H3,(H,12,14);1H. The van der Waals surface area contributed by atoms with E-state index in [1.807, 2.05) is 20.9 Å². The number of halogens is 1. The number of nitrogens with two attached hydrogens (primary N) is 1. The van der Waals surface area contributed by atoms with E-state index in [1.54, 1.807) is 0 Å². The molecule has 90 valence electrons. The maximum Gasteiger partial charge on any atom is 0.237 e. The Kier molecular flexibility index (Phi) is 5.56. The Bertz CT molecular complexity index is 215. The van der Waals surface area contributed by atoms with E-state index in [2.05, 4.69) is 10.2 Å². The number of nitrogens with one attached hydrogen (secondary N) is 1. The Labute approximate surface area is 98.0 Å². The molecule has 0 saturated carbocycles. The number of likely N-dealkylation sites (N-methyl/N-ethyl adjacent to an activating group) is 1. The zero-order chi connectivity index (χ0) is 10.8. The normalized spacial score (nSPS) is 22.2. The van der Waals surface area contributed by atoms with Crippen LogP contribution in [0.4, 0.5) is 0 Å². The van der Waals surface area contributed by atoms with Gasteiger partial charge in [-0.25, -0.2) is 0 Å². The lowest BCUT2D eigenvalue weighted by molar-refractivity contribution is -0.127. The number of hydrogen-bond acceptors (Lipinski definition) is 3. The van der Waals surface area contributed by atoms with Gasteiger partial charge in [0, 0.05) is 18.6 Å². The molecule has 1 saturated heterocycles. The molecule has 1 atom stereocenters. The Morgan fingerprint density at radius 1 is 1.60 bits per heavy atom. The largest absolute Gasteiger partial charge is 0.355 e. The molecule has 0 aliphatic carbocycles. The van der Waals surface area contributed by atoms with Crippen LogP contribution < -0.4 is 11.1 Å². The summed E-state index contributed by atoms with van der Waals surface area (Å²) in [5.41, 5.74) is 5.67. The fraction of sp³-hybridized carbons (Fsp3) is 0.900. The monoisotopic (exact) mass is 235 g/mol. The van der Waals surface area contributed by atoms with Crippen LogP contribution in [0, 0.1) is 0 Å². The second kappa shape index (κ2) is 5.68. The van der Waals surface area contributed by atoms with Gasteiger partial charge in [-0.05, 0) is 33.7 Å². The SMILES string of the molecule is CN(CC(C)(C)N)C1CCCNC1=O.Cl. The van der Waals surface area contributed by atoms with Gasteiger partial charge in [-0.15, -0.1) is 12.4 Å².